The highest BCUT2D eigenvalue weighted by atomic mass is 35.5. The van der Waals surface area contributed by atoms with Gasteiger partial charge in [-0.3, -0.25) is 0 Å². The Morgan fingerprint density at radius 3 is 2.15 bits per heavy atom. The van der Waals surface area contributed by atoms with Crippen molar-refractivity contribution in [3.05, 3.63) is 0 Å². The van der Waals surface area contributed by atoms with Gasteiger partial charge in [-0.2, -0.15) is 0 Å². The zero-order valence-corrected chi connectivity index (χ0v) is 9.82. The van der Waals surface area contributed by atoms with Crippen molar-refractivity contribution in [1.29, 1.82) is 0 Å². The Kier molecular flexibility index (Phi) is 2.18. The zero-order valence-electron chi connectivity index (χ0n) is 9.07. The average molecular weight is 201 g/mol. The van der Waals surface area contributed by atoms with Gasteiger partial charge in [0.25, 0.3) is 0 Å². The van der Waals surface area contributed by atoms with Crippen molar-refractivity contribution in [3.63, 3.8) is 0 Å². The molecule has 13 heavy (non-hydrogen) atoms. The third kappa shape index (κ3) is 1.17. The molecule has 2 aliphatic rings. The van der Waals surface area contributed by atoms with Gasteiger partial charge in [0.05, 0.1) is 0 Å². The van der Waals surface area contributed by atoms with Gasteiger partial charge in [0.1, 0.15) is 0 Å². The molecule has 1 unspecified atom stereocenters. The van der Waals surface area contributed by atoms with Crippen LogP contribution in [0.2, 0.25) is 0 Å². The molecule has 2 saturated carbocycles. The SMILES string of the molecule is CC1CCC2(CC1)C(CCl)C2(C)C. The number of rotatable bonds is 1. The molecule has 0 aromatic rings. The lowest BCUT2D eigenvalue weighted by Crippen LogP contribution is -2.18. The predicted molar refractivity (Wildman–Crippen MR) is 58.1 cm³/mol. The van der Waals surface area contributed by atoms with E-state index in [1.165, 1.54) is 25.7 Å². The van der Waals surface area contributed by atoms with Crippen LogP contribution in [-0.4, -0.2) is 5.88 Å². The molecular weight excluding hydrogens is 180 g/mol. The first kappa shape index (κ1) is 9.83. The van der Waals surface area contributed by atoms with Gasteiger partial charge < -0.3 is 0 Å². The van der Waals surface area contributed by atoms with Gasteiger partial charge in [-0.25, -0.2) is 0 Å². The summed E-state index contributed by atoms with van der Waals surface area (Å²) in [4.78, 5) is 0. The lowest BCUT2D eigenvalue weighted by Gasteiger charge is -2.29. The first-order chi connectivity index (χ1) is 6.04. The van der Waals surface area contributed by atoms with E-state index in [1.54, 1.807) is 0 Å². The van der Waals surface area contributed by atoms with Crippen LogP contribution in [-0.2, 0) is 0 Å². The second-order valence-corrected chi connectivity index (χ2v) is 6.08. The Balaban J connectivity index is 2.08. The molecule has 0 aliphatic heterocycles. The van der Waals surface area contributed by atoms with E-state index >= 15 is 0 Å². The van der Waals surface area contributed by atoms with E-state index in [1.807, 2.05) is 0 Å². The Morgan fingerprint density at radius 2 is 1.77 bits per heavy atom. The van der Waals surface area contributed by atoms with E-state index in [0.29, 0.717) is 10.8 Å². The summed E-state index contributed by atoms with van der Waals surface area (Å²) >= 11 is 6.04. The van der Waals surface area contributed by atoms with Gasteiger partial charge in [0, 0.05) is 5.88 Å². The second kappa shape index (κ2) is 2.89. The highest BCUT2D eigenvalue weighted by Crippen LogP contribution is 2.75. The van der Waals surface area contributed by atoms with Gasteiger partial charge in [0.2, 0.25) is 0 Å². The minimum atomic E-state index is 0.537. The van der Waals surface area contributed by atoms with Crippen LogP contribution in [0.15, 0.2) is 0 Å². The summed E-state index contributed by atoms with van der Waals surface area (Å²) < 4.78 is 0. The molecule has 0 N–H and O–H groups in total. The summed E-state index contributed by atoms with van der Waals surface area (Å²) in [5.41, 5.74) is 1.18. The average Bonchev–Trinajstić information content (AvgIpc) is 2.54. The van der Waals surface area contributed by atoms with E-state index in [9.17, 15) is 0 Å². The third-order valence-electron chi connectivity index (χ3n) is 5.06. The normalized spacial score (nSPS) is 48.0. The third-order valence-corrected chi connectivity index (χ3v) is 5.37. The lowest BCUT2D eigenvalue weighted by atomic mass is 9.76. The van der Waals surface area contributed by atoms with Crippen LogP contribution in [0.4, 0.5) is 0 Å². The van der Waals surface area contributed by atoms with Gasteiger partial charge >= 0.3 is 0 Å². The van der Waals surface area contributed by atoms with Crippen LogP contribution in [0.1, 0.15) is 46.5 Å². The van der Waals surface area contributed by atoms with Crippen LogP contribution < -0.4 is 0 Å². The maximum Gasteiger partial charge on any atom is 0.0262 e. The zero-order chi connectivity index (χ0) is 9.69. The quantitative estimate of drug-likeness (QED) is 0.560. The summed E-state index contributed by atoms with van der Waals surface area (Å²) in [5, 5.41) is 0. The van der Waals surface area contributed by atoms with Crippen molar-refractivity contribution < 1.29 is 0 Å². The van der Waals surface area contributed by atoms with Gasteiger partial charge in [-0.1, -0.05) is 33.6 Å². The number of halogens is 1. The molecule has 0 nitrogen and oxygen atoms in total. The fourth-order valence-electron chi connectivity index (χ4n) is 3.67. The Bertz CT molecular complexity index is 199. The molecule has 2 fully saturated rings. The molecule has 1 heteroatoms. The minimum Gasteiger partial charge on any atom is -0.126 e. The standard InChI is InChI=1S/C12H21Cl/c1-9-4-6-12(7-5-9)10(8-13)11(12,2)3/h9-10H,4-8H2,1-3H3. The lowest BCUT2D eigenvalue weighted by molar-refractivity contribution is 0.220. The molecule has 1 atom stereocenters. The van der Waals surface area contributed by atoms with Crippen LogP contribution in [0.3, 0.4) is 0 Å². The molecule has 0 heterocycles. The molecule has 76 valence electrons. The summed E-state index contributed by atoms with van der Waals surface area (Å²) in [7, 11) is 0. The Labute approximate surface area is 87.0 Å². The number of hydrogen-bond acceptors (Lipinski definition) is 0. The second-order valence-electron chi connectivity index (χ2n) is 5.77. The smallest absolute Gasteiger partial charge is 0.0262 e. The van der Waals surface area contributed by atoms with Crippen molar-refractivity contribution >= 4 is 11.6 Å². The maximum absolute atomic E-state index is 6.04. The molecule has 1 spiro atoms. The van der Waals surface area contributed by atoms with Crippen LogP contribution in [0.25, 0.3) is 0 Å². The number of hydrogen-bond donors (Lipinski definition) is 0. The van der Waals surface area contributed by atoms with Crippen LogP contribution >= 0.6 is 11.6 Å². The van der Waals surface area contributed by atoms with E-state index < -0.39 is 0 Å². The molecule has 0 aromatic carbocycles. The number of alkyl halides is 1. The topological polar surface area (TPSA) is 0 Å². The van der Waals surface area contributed by atoms with E-state index in [2.05, 4.69) is 20.8 Å². The highest BCUT2D eigenvalue weighted by molar-refractivity contribution is 6.18. The highest BCUT2D eigenvalue weighted by Gasteiger charge is 2.69. The summed E-state index contributed by atoms with van der Waals surface area (Å²) in [6.45, 7) is 7.21. The molecule has 0 bridgehead atoms. The molecular formula is C12H21Cl. The minimum absolute atomic E-state index is 0.537. The maximum atomic E-state index is 6.04. The molecule has 2 aliphatic carbocycles. The van der Waals surface area contributed by atoms with Crippen molar-refractivity contribution in [2.45, 2.75) is 46.5 Å². The van der Waals surface area contributed by atoms with E-state index in [4.69, 9.17) is 11.6 Å². The molecule has 0 radical (unpaired) electrons. The Morgan fingerprint density at radius 1 is 1.23 bits per heavy atom. The first-order valence-corrected chi connectivity index (χ1v) is 6.14. The van der Waals surface area contributed by atoms with Crippen molar-refractivity contribution in [3.8, 4) is 0 Å². The Hall–Kier alpha value is 0.290. The fourth-order valence-corrected chi connectivity index (χ4v) is 4.35. The molecule has 2 rings (SSSR count). The first-order valence-electron chi connectivity index (χ1n) is 5.60. The fraction of sp³-hybridized carbons (Fsp3) is 1.00. The largest absolute Gasteiger partial charge is 0.126 e. The monoisotopic (exact) mass is 200 g/mol. The van der Waals surface area contributed by atoms with Crippen molar-refractivity contribution in [1.82, 2.24) is 0 Å². The van der Waals surface area contributed by atoms with Crippen molar-refractivity contribution in [2.24, 2.45) is 22.7 Å². The summed E-state index contributed by atoms with van der Waals surface area (Å²) in [5.74, 6) is 2.63. The van der Waals surface area contributed by atoms with Crippen molar-refractivity contribution in [2.75, 3.05) is 5.88 Å². The molecule has 0 amide bonds. The summed E-state index contributed by atoms with van der Waals surface area (Å²) in [6, 6.07) is 0. The van der Waals surface area contributed by atoms with Gasteiger partial charge in [0.15, 0.2) is 0 Å². The van der Waals surface area contributed by atoms with E-state index in [-0.39, 0.29) is 0 Å². The van der Waals surface area contributed by atoms with Crippen LogP contribution in [0, 0.1) is 22.7 Å². The molecule has 0 aromatic heterocycles. The van der Waals surface area contributed by atoms with Gasteiger partial charge in [-0.15, -0.1) is 11.6 Å². The van der Waals surface area contributed by atoms with Crippen LogP contribution in [0.5, 0.6) is 0 Å². The summed E-state index contributed by atoms with van der Waals surface area (Å²) in [6.07, 6.45) is 5.71. The van der Waals surface area contributed by atoms with E-state index in [0.717, 1.165) is 17.7 Å². The molecule has 0 saturated heterocycles. The van der Waals surface area contributed by atoms with Gasteiger partial charge in [-0.05, 0) is 35.5 Å². The predicted octanol–water partition coefficient (Wildman–Crippen LogP) is 4.08.